The molecule has 1 aromatic heterocycles. The summed E-state index contributed by atoms with van der Waals surface area (Å²) in [5.74, 6) is -2.05. The highest BCUT2D eigenvalue weighted by Crippen LogP contribution is 2.30. The summed E-state index contributed by atoms with van der Waals surface area (Å²) >= 11 is 5.47. The Kier molecular flexibility index (Phi) is 4.49. The summed E-state index contributed by atoms with van der Waals surface area (Å²) in [5.41, 5.74) is -1.51. The molecule has 0 bridgehead atoms. The first-order valence-electron chi connectivity index (χ1n) is 4.68. The molecule has 0 spiro atoms. The molecule has 6 nitrogen and oxygen atoms in total. The quantitative estimate of drug-likeness (QED) is 0.481. The monoisotopic (exact) mass is 280 g/mol. The van der Waals surface area contributed by atoms with E-state index in [0.717, 1.165) is 6.07 Å². The largest absolute Gasteiger partial charge is 0.462 e. The van der Waals surface area contributed by atoms with Crippen molar-refractivity contribution in [2.45, 2.75) is 13.3 Å². The van der Waals surface area contributed by atoms with Crippen molar-refractivity contribution in [1.29, 1.82) is 0 Å². The van der Waals surface area contributed by atoms with Crippen LogP contribution in [0.2, 0.25) is 5.02 Å². The molecular formula is C9H7ClF2N2O4. The van der Waals surface area contributed by atoms with Crippen molar-refractivity contribution >= 4 is 23.4 Å². The molecule has 1 rings (SSSR count). The van der Waals surface area contributed by atoms with Gasteiger partial charge in [-0.05, 0) is 22.9 Å². The van der Waals surface area contributed by atoms with Gasteiger partial charge in [0.2, 0.25) is 5.69 Å². The van der Waals surface area contributed by atoms with Gasteiger partial charge in [0.25, 0.3) is 0 Å². The second-order valence-electron chi connectivity index (χ2n) is 3.00. The lowest BCUT2D eigenvalue weighted by Gasteiger charge is -2.05. The Hall–Kier alpha value is -1.83. The third-order valence-corrected chi connectivity index (χ3v) is 2.16. The number of nitro groups is 1. The van der Waals surface area contributed by atoms with Crippen molar-refractivity contribution in [3.63, 3.8) is 0 Å². The molecule has 1 heterocycles. The van der Waals surface area contributed by atoms with Crippen molar-refractivity contribution in [1.82, 2.24) is 4.98 Å². The summed E-state index contributed by atoms with van der Waals surface area (Å²) < 4.78 is 29.5. The maximum Gasteiger partial charge on any atom is 0.378 e. The number of hydrogen-bond donors (Lipinski definition) is 0. The minimum Gasteiger partial charge on any atom is -0.462 e. The Balaban J connectivity index is 3.38. The molecular weight excluding hydrogens is 274 g/mol. The zero-order valence-electron chi connectivity index (χ0n) is 9.02. The van der Waals surface area contributed by atoms with Crippen LogP contribution in [0, 0.1) is 10.1 Å². The molecule has 0 aliphatic carbocycles. The van der Waals surface area contributed by atoms with Crippen molar-refractivity contribution < 1.29 is 23.2 Å². The fourth-order valence-electron chi connectivity index (χ4n) is 1.14. The molecule has 0 atom stereocenters. The van der Waals surface area contributed by atoms with Crippen molar-refractivity contribution in [3.8, 4) is 0 Å². The topological polar surface area (TPSA) is 82.3 Å². The van der Waals surface area contributed by atoms with Crippen LogP contribution in [0.3, 0.4) is 0 Å². The summed E-state index contributed by atoms with van der Waals surface area (Å²) in [7, 11) is 0. The van der Waals surface area contributed by atoms with Crippen LogP contribution in [0.25, 0.3) is 0 Å². The molecule has 0 aromatic carbocycles. The number of nitrogens with zero attached hydrogens (tertiary/aromatic N) is 2. The van der Waals surface area contributed by atoms with Gasteiger partial charge in [-0.25, -0.2) is 13.6 Å². The molecule has 0 radical (unpaired) electrons. The molecule has 0 saturated heterocycles. The van der Waals surface area contributed by atoms with Crippen LogP contribution in [0.15, 0.2) is 6.07 Å². The summed E-state index contributed by atoms with van der Waals surface area (Å²) in [5, 5.41) is 10.1. The van der Waals surface area contributed by atoms with E-state index in [0.29, 0.717) is 0 Å². The van der Waals surface area contributed by atoms with Crippen molar-refractivity contribution in [2.24, 2.45) is 0 Å². The number of rotatable bonds is 4. The number of carbonyl (C=O) groups excluding carboxylic acids is 1. The number of pyridine rings is 1. The van der Waals surface area contributed by atoms with Gasteiger partial charge < -0.3 is 14.9 Å². The Morgan fingerprint density at radius 2 is 2.28 bits per heavy atom. The molecule has 18 heavy (non-hydrogen) atoms. The summed E-state index contributed by atoms with van der Waals surface area (Å²) in [6.07, 6.45) is -3.08. The van der Waals surface area contributed by atoms with Gasteiger partial charge in [-0.3, -0.25) is 0 Å². The predicted molar refractivity (Wildman–Crippen MR) is 56.8 cm³/mol. The van der Waals surface area contributed by atoms with Crippen LogP contribution in [-0.2, 0) is 4.74 Å². The fraction of sp³-hybridized carbons (Fsp3) is 0.333. The van der Waals surface area contributed by atoms with Gasteiger partial charge in [0.1, 0.15) is 0 Å². The second-order valence-corrected chi connectivity index (χ2v) is 3.41. The van der Waals surface area contributed by atoms with E-state index in [4.69, 9.17) is 11.6 Å². The lowest BCUT2D eigenvalue weighted by Crippen LogP contribution is -2.11. The van der Waals surface area contributed by atoms with E-state index < -0.39 is 39.4 Å². The van der Waals surface area contributed by atoms with Gasteiger partial charge in [-0.15, -0.1) is 0 Å². The second kappa shape index (κ2) is 5.67. The maximum atomic E-state index is 12.5. The Morgan fingerprint density at radius 1 is 1.67 bits per heavy atom. The van der Waals surface area contributed by atoms with Crippen LogP contribution in [0.1, 0.15) is 29.4 Å². The standard InChI is InChI=1S/C9H7ClF2N2O4/c1-2-18-9(15)4-3-5(10)6(7(11)12)13-8(4)14(16)17/h3,7H,2H2,1H3. The Bertz CT molecular complexity index is 496. The van der Waals surface area contributed by atoms with Crippen LogP contribution in [0.4, 0.5) is 14.6 Å². The van der Waals surface area contributed by atoms with Gasteiger partial charge in [-0.2, -0.15) is 0 Å². The number of aromatic nitrogens is 1. The van der Waals surface area contributed by atoms with Gasteiger partial charge >= 0.3 is 18.2 Å². The minimum atomic E-state index is -3.08. The molecule has 0 unspecified atom stereocenters. The van der Waals surface area contributed by atoms with E-state index in [1.54, 1.807) is 0 Å². The van der Waals surface area contributed by atoms with E-state index in [1.165, 1.54) is 6.92 Å². The SMILES string of the molecule is CCOC(=O)c1cc(Cl)c(C(F)F)nc1[N+](=O)[O-]. The third-order valence-electron chi connectivity index (χ3n) is 1.86. The molecule has 0 N–H and O–H groups in total. The highest BCUT2D eigenvalue weighted by molar-refractivity contribution is 6.31. The highest BCUT2D eigenvalue weighted by atomic mass is 35.5. The number of hydrogen-bond acceptors (Lipinski definition) is 5. The first-order chi connectivity index (χ1) is 8.38. The number of carbonyl (C=O) groups is 1. The maximum absolute atomic E-state index is 12.5. The lowest BCUT2D eigenvalue weighted by molar-refractivity contribution is -0.390. The lowest BCUT2D eigenvalue weighted by atomic mass is 10.2. The van der Waals surface area contributed by atoms with E-state index in [9.17, 15) is 23.7 Å². The van der Waals surface area contributed by atoms with E-state index in [2.05, 4.69) is 9.72 Å². The van der Waals surface area contributed by atoms with Crippen molar-refractivity contribution in [3.05, 3.63) is 32.5 Å². The molecule has 0 fully saturated rings. The van der Waals surface area contributed by atoms with Crippen LogP contribution in [-0.4, -0.2) is 22.5 Å². The zero-order chi connectivity index (χ0) is 13.9. The third kappa shape index (κ3) is 2.89. The molecule has 9 heteroatoms. The summed E-state index contributed by atoms with van der Waals surface area (Å²) in [4.78, 5) is 24.1. The fourth-order valence-corrected chi connectivity index (χ4v) is 1.38. The first-order valence-corrected chi connectivity index (χ1v) is 5.06. The average Bonchev–Trinajstić information content (AvgIpc) is 2.27. The summed E-state index contributed by atoms with van der Waals surface area (Å²) in [6, 6.07) is 0.756. The molecule has 98 valence electrons. The van der Waals surface area contributed by atoms with Gasteiger partial charge in [0, 0.05) is 0 Å². The van der Waals surface area contributed by atoms with Gasteiger partial charge in [0.05, 0.1) is 11.6 Å². The Labute approximate surface area is 105 Å². The number of ether oxygens (including phenoxy) is 1. The van der Waals surface area contributed by atoms with Crippen LogP contribution in [0.5, 0.6) is 0 Å². The highest BCUT2D eigenvalue weighted by Gasteiger charge is 2.30. The number of halogens is 3. The predicted octanol–water partition coefficient (Wildman–Crippen LogP) is 2.76. The minimum absolute atomic E-state index is 0.0236. The summed E-state index contributed by atoms with van der Waals surface area (Å²) in [6.45, 7) is 1.47. The molecule has 0 saturated carbocycles. The van der Waals surface area contributed by atoms with E-state index in [1.807, 2.05) is 0 Å². The van der Waals surface area contributed by atoms with E-state index in [-0.39, 0.29) is 6.61 Å². The van der Waals surface area contributed by atoms with E-state index >= 15 is 0 Å². The number of alkyl halides is 2. The van der Waals surface area contributed by atoms with Crippen LogP contribution < -0.4 is 0 Å². The van der Waals surface area contributed by atoms with Crippen LogP contribution >= 0.6 is 11.6 Å². The Morgan fingerprint density at radius 3 is 2.72 bits per heavy atom. The average molecular weight is 281 g/mol. The molecule has 1 aromatic rings. The normalized spacial score (nSPS) is 10.5. The molecule has 0 aliphatic rings. The first kappa shape index (κ1) is 14.2. The smallest absolute Gasteiger partial charge is 0.378 e. The number of esters is 1. The van der Waals surface area contributed by atoms with Gasteiger partial charge in [0.15, 0.2) is 5.56 Å². The zero-order valence-corrected chi connectivity index (χ0v) is 9.78. The molecule has 0 aliphatic heterocycles. The van der Waals surface area contributed by atoms with Crippen molar-refractivity contribution in [2.75, 3.05) is 6.61 Å². The molecule has 0 amide bonds. The van der Waals surface area contributed by atoms with Gasteiger partial charge in [-0.1, -0.05) is 11.6 Å².